The number of nitrogens with zero attached hydrogens (tertiary/aromatic N) is 2. The van der Waals surface area contributed by atoms with Crippen LogP contribution in [0, 0.1) is 0 Å². The first-order valence-corrected chi connectivity index (χ1v) is 4.89. The minimum atomic E-state index is -0.696. The van der Waals surface area contributed by atoms with E-state index in [9.17, 15) is 14.4 Å². The molecule has 1 aliphatic rings. The second kappa shape index (κ2) is 4.00. The summed E-state index contributed by atoms with van der Waals surface area (Å²) in [6.45, 7) is 0. The van der Waals surface area contributed by atoms with Crippen LogP contribution in [0.1, 0.15) is 28.5 Å². The Morgan fingerprint density at radius 2 is 2.29 bits per heavy atom. The number of aromatic nitrogens is 2. The Kier molecular flexibility index (Phi) is 2.66. The van der Waals surface area contributed by atoms with Gasteiger partial charge in [0.05, 0.1) is 19.2 Å². The van der Waals surface area contributed by atoms with Gasteiger partial charge in [0.25, 0.3) is 0 Å². The van der Waals surface area contributed by atoms with Crippen molar-refractivity contribution in [2.24, 2.45) is 7.05 Å². The highest BCUT2D eigenvalue weighted by Gasteiger charge is 2.37. The maximum atomic E-state index is 11.4. The molecule has 2 rings (SSSR count). The van der Waals surface area contributed by atoms with Crippen LogP contribution in [0.5, 0.6) is 0 Å². The number of ether oxygens (including phenoxy) is 2. The third-order valence-electron chi connectivity index (χ3n) is 2.54. The molecule has 1 fully saturated rings. The summed E-state index contributed by atoms with van der Waals surface area (Å²) in [6.07, 6.45) is -0.0288. The number of esters is 3. The van der Waals surface area contributed by atoms with E-state index in [0.29, 0.717) is 5.69 Å². The summed E-state index contributed by atoms with van der Waals surface area (Å²) in [5.41, 5.74) is 0.554. The van der Waals surface area contributed by atoms with Gasteiger partial charge >= 0.3 is 17.9 Å². The van der Waals surface area contributed by atoms with E-state index in [-0.39, 0.29) is 12.1 Å². The standard InChI is InChI=1S/C10H10N2O5/c1-12-7(4-6(11-12)10(15)16-2)5-3-8(13)17-9(5)14/h4-5H,3H2,1-2H3. The number of rotatable bonds is 2. The van der Waals surface area contributed by atoms with Crippen LogP contribution in [0.3, 0.4) is 0 Å². The zero-order chi connectivity index (χ0) is 12.6. The highest BCUT2D eigenvalue weighted by molar-refractivity contribution is 5.98. The van der Waals surface area contributed by atoms with Crippen LogP contribution in [-0.4, -0.2) is 34.8 Å². The molecule has 7 heteroatoms. The molecule has 90 valence electrons. The number of hydrogen-bond donors (Lipinski definition) is 0. The molecule has 1 atom stereocenters. The molecule has 0 spiro atoms. The van der Waals surface area contributed by atoms with E-state index in [1.54, 1.807) is 7.05 Å². The minimum Gasteiger partial charge on any atom is -0.464 e. The fourth-order valence-electron chi connectivity index (χ4n) is 1.71. The lowest BCUT2D eigenvalue weighted by atomic mass is 10.0. The fraction of sp³-hybridized carbons (Fsp3) is 0.400. The Labute approximate surface area is 96.3 Å². The van der Waals surface area contributed by atoms with Crippen LogP contribution in [0.4, 0.5) is 0 Å². The summed E-state index contributed by atoms with van der Waals surface area (Å²) in [6, 6.07) is 1.43. The van der Waals surface area contributed by atoms with E-state index in [1.165, 1.54) is 17.9 Å². The first-order chi connectivity index (χ1) is 8.02. The molecule has 1 unspecified atom stereocenters. The van der Waals surface area contributed by atoms with Gasteiger partial charge in [-0.2, -0.15) is 5.10 Å². The second-order valence-corrected chi connectivity index (χ2v) is 3.62. The maximum absolute atomic E-state index is 11.4. The number of aryl methyl sites for hydroxylation is 1. The number of carbonyl (C=O) groups is 3. The lowest BCUT2D eigenvalue weighted by Gasteiger charge is -2.03. The van der Waals surface area contributed by atoms with Crippen LogP contribution in [0.25, 0.3) is 0 Å². The Bertz CT molecular complexity index is 505. The second-order valence-electron chi connectivity index (χ2n) is 3.62. The van der Waals surface area contributed by atoms with E-state index >= 15 is 0 Å². The highest BCUT2D eigenvalue weighted by atomic mass is 16.6. The molecule has 0 aromatic carbocycles. The molecule has 2 heterocycles. The van der Waals surface area contributed by atoms with Gasteiger partial charge in [0.2, 0.25) is 0 Å². The lowest BCUT2D eigenvalue weighted by molar-refractivity contribution is -0.152. The molecule has 0 amide bonds. The monoisotopic (exact) mass is 238 g/mol. The van der Waals surface area contributed by atoms with Gasteiger partial charge in [0, 0.05) is 7.05 Å². The summed E-state index contributed by atoms with van der Waals surface area (Å²) >= 11 is 0. The van der Waals surface area contributed by atoms with Crippen molar-refractivity contribution in [3.63, 3.8) is 0 Å². The zero-order valence-electron chi connectivity index (χ0n) is 9.30. The van der Waals surface area contributed by atoms with Crippen LogP contribution in [-0.2, 0) is 26.1 Å². The van der Waals surface area contributed by atoms with E-state index in [2.05, 4.69) is 14.6 Å². The average molecular weight is 238 g/mol. The van der Waals surface area contributed by atoms with Crippen molar-refractivity contribution in [3.05, 3.63) is 17.5 Å². The molecular formula is C10H10N2O5. The predicted molar refractivity (Wildman–Crippen MR) is 53.0 cm³/mol. The largest absolute Gasteiger partial charge is 0.464 e. The average Bonchev–Trinajstić information content (AvgIpc) is 2.80. The molecular weight excluding hydrogens is 228 g/mol. The molecule has 7 nitrogen and oxygen atoms in total. The predicted octanol–water partition coefficient (Wildman–Crippen LogP) is -0.236. The van der Waals surface area contributed by atoms with Crippen LogP contribution in [0.2, 0.25) is 0 Å². The molecule has 0 saturated carbocycles. The van der Waals surface area contributed by atoms with Crippen molar-refractivity contribution >= 4 is 17.9 Å². The van der Waals surface area contributed by atoms with Gasteiger partial charge in [-0.1, -0.05) is 0 Å². The normalized spacial score (nSPS) is 19.3. The van der Waals surface area contributed by atoms with Crippen LogP contribution < -0.4 is 0 Å². The molecule has 1 saturated heterocycles. The van der Waals surface area contributed by atoms with Gasteiger partial charge in [-0.05, 0) is 6.07 Å². The summed E-state index contributed by atoms with van der Waals surface area (Å²) in [7, 11) is 2.82. The van der Waals surface area contributed by atoms with Gasteiger partial charge in [-0.15, -0.1) is 0 Å². The number of hydrogen-bond acceptors (Lipinski definition) is 6. The summed E-state index contributed by atoms with van der Waals surface area (Å²) in [5, 5.41) is 3.91. The third kappa shape index (κ3) is 1.91. The van der Waals surface area contributed by atoms with E-state index in [0.717, 1.165) is 0 Å². The molecule has 1 aromatic heterocycles. The van der Waals surface area contributed by atoms with Crippen molar-refractivity contribution < 1.29 is 23.9 Å². The van der Waals surface area contributed by atoms with Gasteiger partial charge in [-0.3, -0.25) is 14.3 Å². The number of methoxy groups -OCH3 is 1. The summed E-state index contributed by atoms with van der Waals surface area (Å²) in [4.78, 5) is 33.6. The SMILES string of the molecule is COC(=O)c1cc(C2CC(=O)OC2=O)n(C)n1. The molecule has 1 aromatic rings. The van der Waals surface area contributed by atoms with Crippen molar-refractivity contribution in [1.82, 2.24) is 9.78 Å². The van der Waals surface area contributed by atoms with Crippen molar-refractivity contribution in [2.45, 2.75) is 12.3 Å². The smallest absolute Gasteiger partial charge is 0.358 e. The molecule has 1 aliphatic heterocycles. The summed E-state index contributed by atoms with van der Waals surface area (Å²) < 4.78 is 10.3. The third-order valence-corrected chi connectivity index (χ3v) is 2.54. The van der Waals surface area contributed by atoms with E-state index in [1.807, 2.05) is 0 Å². The van der Waals surface area contributed by atoms with Crippen molar-refractivity contribution in [2.75, 3.05) is 7.11 Å². The van der Waals surface area contributed by atoms with E-state index in [4.69, 9.17) is 0 Å². The van der Waals surface area contributed by atoms with Crippen molar-refractivity contribution in [1.29, 1.82) is 0 Å². The molecule has 0 radical (unpaired) electrons. The fourth-order valence-corrected chi connectivity index (χ4v) is 1.71. The number of carbonyl (C=O) groups excluding carboxylic acids is 3. The van der Waals surface area contributed by atoms with Gasteiger partial charge in [0.1, 0.15) is 5.92 Å². The topological polar surface area (TPSA) is 87.5 Å². The van der Waals surface area contributed by atoms with Crippen LogP contribution in [0.15, 0.2) is 6.07 Å². The Balaban J connectivity index is 2.33. The first-order valence-electron chi connectivity index (χ1n) is 4.89. The lowest BCUT2D eigenvalue weighted by Crippen LogP contribution is -2.10. The molecule has 0 aliphatic carbocycles. The minimum absolute atomic E-state index is 0.0288. The molecule has 0 bridgehead atoms. The molecule has 0 N–H and O–H groups in total. The number of cyclic esters (lactones) is 2. The maximum Gasteiger partial charge on any atom is 0.358 e. The van der Waals surface area contributed by atoms with Gasteiger partial charge in [0.15, 0.2) is 5.69 Å². The Hall–Kier alpha value is -2.18. The van der Waals surface area contributed by atoms with Crippen molar-refractivity contribution in [3.8, 4) is 0 Å². The van der Waals surface area contributed by atoms with Crippen LogP contribution >= 0.6 is 0 Å². The zero-order valence-corrected chi connectivity index (χ0v) is 9.30. The Morgan fingerprint density at radius 1 is 1.59 bits per heavy atom. The van der Waals surface area contributed by atoms with E-state index < -0.39 is 23.8 Å². The van der Waals surface area contributed by atoms with Gasteiger partial charge < -0.3 is 9.47 Å². The molecule has 17 heavy (non-hydrogen) atoms. The first kappa shape index (κ1) is 11.3. The van der Waals surface area contributed by atoms with Gasteiger partial charge in [-0.25, -0.2) is 4.79 Å². The summed E-state index contributed by atoms with van der Waals surface area (Å²) in [5.74, 6) is -2.47. The quantitative estimate of drug-likeness (QED) is 0.522. The highest BCUT2D eigenvalue weighted by Crippen LogP contribution is 2.27. The Morgan fingerprint density at radius 3 is 2.82 bits per heavy atom.